The first-order valence-electron chi connectivity index (χ1n) is 6.01. The van der Waals surface area contributed by atoms with Gasteiger partial charge in [-0.1, -0.05) is 23.7 Å². The summed E-state index contributed by atoms with van der Waals surface area (Å²) in [6, 6.07) is 9.54. The third-order valence-corrected chi connectivity index (χ3v) is 3.46. The van der Waals surface area contributed by atoms with Gasteiger partial charge < -0.3 is 9.47 Å². The zero-order valence-electron chi connectivity index (χ0n) is 10.4. The number of ether oxygens (including phenoxy) is 2. The number of carbonyl (C=O) groups excluding carboxylic acids is 1. The van der Waals surface area contributed by atoms with Crippen LogP contribution >= 0.6 is 11.6 Å². The van der Waals surface area contributed by atoms with E-state index in [0.717, 1.165) is 0 Å². The van der Waals surface area contributed by atoms with Crippen molar-refractivity contribution in [2.45, 2.75) is 6.61 Å². The van der Waals surface area contributed by atoms with Crippen LogP contribution in [0.3, 0.4) is 0 Å². The van der Waals surface area contributed by atoms with Crippen LogP contribution in [0.5, 0.6) is 11.5 Å². The first-order chi connectivity index (χ1) is 9.65. The third kappa shape index (κ3) is 2.34. The number of rotatable bonds is 3. The molecule has 0 fully saturated rings. The Bertz CT molecular complexity index is 685. The van der Waals surface area contributed by atoms with Gasteiger partial charge in [0.25, 0.3) is 0 Å². The fourth-order valence-electron chi connectivity index (χ4n) is 1.98. The van der Waals surface area contributed by atoms with Gasteiger partial charge in [-0.2, -0.15) is 0 Å². The van der Waals surface area contributed by atoms with Gasteiger partial charge in [0, 0.05) is 11.6 Å². The van der Waals surface area contributed by atoms with Crippen molar-refractivity contribution in [2.24, 2.45) is 0 Å². The predicted molar refractivity (Wildman–Crippen MR) is 72.0 cm³/mol. The molecule has 5 heteroatoms. The number of halogens is 2. The van der Waals surface area contributed by atoms with Crippen molar-refractivity contribution in [2.75, 3.05) is 6.61 Å². The molecular weight excluding hydrogens is 283 g/mol. The van der Waals surface area contributed by atoms with Gasteiger partial charge in [-0.3, -0.25) is 4.79 Å². The molecule has 1 aliphatic rings. The Labute approximate surface area is 119 Å². The van der Waals surface area contributed by atoms with Gasteiger partial charge >= 0.3 is 0 Å². The zero-order chi connectivity index (χ0) is 14.1. The van der Waals surface area contributed by atoms with Crippen molar-refractivity contribution in [3.05, 3.63) is 58.4 Å². The molecule has 0 radical (unpaired) electrons. The van der Waals surface area contributed by atoms with Crippen molar-refractivity contribution in [1.82, 2.24) is 0 Å². The number of Topliss-reactive ketones (excluding diaryl/α,β-unsaturated/α-hetero) is 1. The molecule has 20 heavy (non-hydrogen) atoms. The van der Waals surface area contributed by atoms with E-state index in [1.165, 1.54) is 6.07 Å². The van der Waals surface area contributed by atoms with Crippen LogP contribution in [-0.2, 0) is 6.61 Å². The molecule has 0 saturated heterocycles. The normalized spacial score (nSPS) is 13.0. The lowest BCUT2D eigenvalue weighted by molar-refractivity contribution is 0.0961. The summed E-state index contributed by atoms with van der Waals surface area (Å²) in [6.45, 7) is 0.206. The molecule has 0 amide bonds. The molecule has 0 N–H and O–H groups in total. The first kappa shape index (κ1) is 12.9. The Balaban J connectivity index is 1.76. The Morgan fingerprint density at radius 2 is 2.15 bits per heavy atom. The largest absolute Gasteiger partial charge is 0.489 e. The smallest absolute Gasteiger partial charge is 0.203 e. The van der Waals surface area contributed by atoms with Gasteiger partial charge in [0.1, 0.15) is 23.9 Å². The maximum Gasteiger partial charge on any atom is 0.203 e. The van der Waals surface area contributed by atoms with E-state index in [9.17, 15) is 9.18 Å². The van der Waals surface area contributed by atoms with E-state index in [1.54, 1.807) is 30.3 Å². The molecule has 2 aromatic rings. The number of fused-ring (bicyclic) bond motifs is 1. The second-order valence-electron chi connectivity index (χ2n) is 4.37. The van der Waals surface area contributed by atoms with Gasteiger partial charge in [0.2, 0.25) is 5.78 Å². The van der Waals surface area contributed by atoms with Crippen molar-refractivity contribution >= 4 is 17.4 Å². The van der Waals surface area contributed by atoms with Gasteiger partial charge in [0.05, 0.1) is 10.6 Å². The quantitative estimate of drug-likeness (QED) is 0.866. The first-order valence-corrected chi connectivity index (χ1v) is 6.38. The van der Waals surface area contributed by atoms with Gasteiger partial charge in [-0.05, 0) is 18.2 Å². The van der Waals surface area contributed by atoms with Crippen LogP contribution in [0, 0.1) is 5.82 Å². The van der Waals surface area contributed by atoms with E-state index in [1.807, 2.05) is 0 Å². The summed E-state index contributed by atoms with van der Waals surface area (Å²) in [5, 5.41) is 0.0556. The lowest BCUT2D eigenvalue weighted by Gasteiger charge is -2.09. The van der Waals surface area contributed by atoms with Crippen LogP contribution < -0.4 is 9.47 Å². The number of ketones is 1. The number of hydrogen-bond acceptors (Lipinski definition) is 3. The highest BCUT2D eigenvalue weighted by Gasteiger charge is 2.21. The van der Waals surface area contributed by atoms with E-state index in [2.05, 4.69) is 0 Å². The minimum Gasteiger partial charge on any atom is -0.489 e. The van der Waals surface area contributed by atoms with Crippen LogP contribution in [0.2, 0.25) is 5.02 Å². The monoisotopic (exact) mass is 292 g/mol. The van der Waals surface area contributed by atoms with Crippen LogP contribution in [-0.4, -0.2) is 12.4 Å². The van der Waals surface area contributed by atoms with E-state index in [-0.39, 0.29) is 24.0 Å². The van der Waals surface area contributed by atoms with E-state index in [0.29, 0.717) is 22.6 Å². The van der Waals surface area contributed by atoms with Crippen molar-refractivity contribution in [1.29, 1.82) is 0 Å². The molecule has 1 heterocycles. The van der Waals surface area contributed by atoms with Crippen LogP contribution in [0.1, 0.15) is 15.9 Å². The number of benzene rings is 2. The molecule has 0 atom stereocenters. The Morgan fingerprint density at radius 3 is 3.00 bits per heavy atom. The second kappa shape index (κ2) is 5.13. The van der Waals surface area contributed by atoms with Gasteiger partial charge in [0.15, 0.2) is 6.61 Å². The maximum absolute atomic E-state index is 13.3. The van der Waals surface area contributed by atoms with Crippen molar-refractivity contribution < 1.29 is 18.7 Å². The van der Waals surface area contributed by atoms with Gasteiger partial charge in [-0.15, -0.1) is 0 Å². The van der Waals surface area contributed by atoms with Gasteiger partial charge in [-0.25, -0.2) is 4.39 Å². The van der Waals surface area contributed by atoms with Crippen LogP contribution in [0.4, 0.5) is 4.39 Å². The van der Waals surface area contributed by atoms with Crippen LogP contribution in [0.25, 0.3) is 0 Å². The lowest BCUT2D eigenvalue weighted by atomic mass is 10.1. The molecule has 3 nitrogen and oxygen atoms in total. The second-order valence-corrected chi connectivity index (χ2v) is 4.75. The summed E-state index contributed by atoms with van der Waals surface area (Å²) >= 11 is 5.85. The number of carbonyl (C=O) groups is 1. The molecule has 0 spiro atoms. The molecule has 0 unspecified atom stereocenters. The van der Waals surface area contributed by atoms with E-state index < -0.39 is 5.82 Å². The van der Waals surface area contributed by atoms with Crippen molar-refractivity contribution in [3.63, 3.8) is 0 Å². The molecule has 1 aliphatic heterocycles. The third-order valence-electron chi connectivity index (χ3n) is 3.04. The average molecular weight is 293 g/mol. The summed E-state index contributed by atoms with van der Waals surface area (Å²) in [6.07, 6.45) is 0. The molecule has 102 valence electrons. The predicted octanol–water partition coefficient (Wildman–Crippen LogP) is 3.63. The standard InChI is InChI=1S/C15H10ClFO3/c16-15-9(2-1-3-12(15)17)7-19-10-4-5-11-13(18)8-20-14(11)6-10/h1-6H,7-8H2. The zero-order valence-corrected chi connectivity index (χ0v) is 11.1. The minimum atomic E-state index is -0.476. The highest BCUT2D eigenvalue weighted by molar-refractivity contribution is 6.31. The summed E-state index contributed by atoms with van der Waals surface area (Å²) in [4.78, 5) is 11.4. The Hall–Kier alpha value is -2.07. The molecule has 2 aromatic carbocycles. The minimum absolute atomic E-state index is 0.0419. The summed E-state index contributed by atoms with van der Waals surface area (Å²) in [5.74, 6) is 0.534. The topological polar surface area (TPSA) is 35.5 Å². The van der Waals surface area contributed by atoms with Crippen molar-refractivity contribution in [3.8, 4) is 11.5 Å². The summed E-state index contributed by atoms with van der Waals surface area (Å²) < 4.78 is 24.1. The van der Waals surface area contributed by atoms with Crippen LogP contribution in [0.15, 0.2) is 36.4 Å². The SMILES string of the molecule is O=C1COc2cc(OCc3cccc(F)c3Cl)ccc21. The molecule has 0 saturated carbocycles. The van der Waals surface area contributed by atoms with E-state index >= 15 is 0 Å². The maximum atomic E-state index is 13.3. The van der Waals surface area contributed by atoms with E-state index in [4.69, 9.17) is 21.1 Å². The molecular formula is C15H10ClFO3. The molecule has 0 aromatic heterocycles. The lowest BCUT2D eigenvalue weighted by Crippen LogP contribution is -1.98. The summed E-state index contributed by atoms with van der Waals surface area (Å²) in [7, 11) is 0. The average Bonchev–Trinajstić information content (AvgIpc) is 2.82. The summed E-state index contributed by atoms with van der Waals surface area (Å²) in [5.41, 5.74) is 1.12. The fraction of sp³-hybridized carbons (Fsp3) is 0.133. The Morgan fingerprint density at radius 1 is 1.30 bits per heavy atom. The molecule has 0 bridgehead atoms. The Kier molecular flexibility index (Phi) is 3.32. The molecule has 3 rings (SSSR count). The highest BCUT2D eigenvalue weighted by atomic mass is 35.5. The number of hydrogen-bond donors (Lipinski definition) is 0. The fourth-order valence-corrected chi connectivity index (χ4v) is 2.16. The molecule has 0 aliphatic carbocycles. The highest BCUT2D eigenvalue weighted by Crippen LogP contribution is 2.30.